The molecule has 88 valence electrons. The Morgan fingerprint density at radius 1 is 1.33 bits per heavy atom. The third kappa shape index (κ3) is 3.72. The molecule has 0 bridgehead atoms. The molecule has 1 aliphatic carbocycles. The average molecular weight is 228 g/mol. The number of hydrogen-bond acceptors (Lipinski definition) is 2. The summed E-state index contributed by atoms with van der Waals surface area (Å²) in [6.07, 6.45) is 9.18. The van der Waals surface area contributed by atoms with Crippen molar-refractivity contribution in [1.82, 2.24) is 4.90 Å². The van der Waals surface area contributed by atoms with Gasteiger partial charge in [-0.15, -0.1) is 0 Å². The molecule has 1 unspecified atom stereocenters. The van der Waals surface area contributed by atoms with Gasteiger partial charge in [0.2, 0.25) is 0 Å². The van der Waals surface area contributed by atoms with Crippen molar-refractivity contribution in [3.05, 3.63) is 0 Å². The summed E-state index contributed by atoms with van der Waals surface area (Å²) in [5.74, 6) is 0. The van der Waals surface area contributed by atoms with Crippen LogP contribution in [0.15, 0.2) is 0 Å². The molecule has 0 aromatic rings. The van der Waals surface area contributed by atoms with Gasteiger partial charge in [-0.3, -0.25) is 4.90 Å². The lowest BCUT2D eigenvalue weighted by Crippen LogP contribution is -2.46. The molecule has 0 aromatic carbocycles. The predicted octanol–water partition coefficient (Wildman–Crippen LogP) is 2.71. The molecule has 0 saturated heterocycles. The molecule has 15 heavy (non-hydrogen) atoms. The van der Waals surface area contributed by atoms with Crippen LogP contribution < -0.4 is 5.73 Å². The Labute approximate surface area is 99.2 Å². The van der Waals surface area contributed by atoms with Gasteiger partial charge >= 0.3 is 0 Å². The van der Waals surface area contributed by atoms with Gasteiger partial charge < -0.3 is 5.73 Å². The summed E-state index contributed by atoms with van der Waals surface area (Å²) in [5, 5.41) is 0. The monoisotopic (exact) mass is 228 g/mol. The lowest BCUT2D eigenvalue weighted by atomic mass is 10.0. The first kappa shape index (κ1) is 12.9. The summed E-state index contributed by atoms with van der Waals surface area (Å²) >= 11 is 5.13. The standard InChI is InChI=1S/C12H24N2S/c1-3-11(12(13)15)14(2)10-8-6-4-5-7-9-10/h10-11H,3-9H2,1-2H3,(H2,13,15). The van der Waals surface area contributed by atoms with Crippen molar-refractivity contribution in [3.8, 4) is 0 Å². The number of nitrogens with zero attached hydrogens (tertiary/aromatic N) is 1. The van der Waals surface area contributed by atoms with Crippen LogP contribution in [-0.4, -0.2) is 29.0 Å². The highest BCUT2D eigenvalue weighted by atomic mass is 32.1. The van der Waals surface area contributed by atoms with Crippen molar-refractivity contribution in [1.29, 1.82) is 0 Å². The molecule has 0 heterocycles. The van der Waals surface area contributed by atoms with E-state index in [-0.39, 0.29) is 0 Å². The fourth-order valence-electron chi connectivity index (χ4n) is 2.61. The average Bonchev–Trinajstić information content (AvgIpc) is 2.45. The summed E-state index contributed by atoms with van der Waals surface area (Å²) < 4.78 is 0. The summed E-state index contributed by atoms with van der Waals surface area (Å²) in [6, 6.07) is 0.988. The molecule has 0 amide bonds. The minimum atomic E-state index is 0.295. The van der Waals surface area contributed by atoms with Crippen LogP contribution in [0.25, 0.3) is 0 Å². The van der Waals surface area contributed by atoms with Gasteiger partial charge in [-0.25, -0.2) is 0 Å². The van der Waals surface area contributed by atoms with Gasteiger partial charge in [0.05, 0.1) is 11.0 Å². The highest BCUT2D eigenvalue weighted by Crippen LogP contribution is 2.23. The smallest absolute Gasteiger partial charge is 0.0901 e. The summed E-state index contributed by atoms with van der Waals surface area (Å²) in [6.45, 7) is 2.16. The molecule has 2 nitrogen and oxygen atoms in total. The van der Waals surface area contributed by atoms with E-state index in [1.54, 1.807) is 0 Å². The molecule has 0 radical (unpaired) electrons. The maximum atomic E-state index is 5.78. The Kier molecular flexibility index (Phi) is 5.54. The van der Waals surface area contributed by atoms with Crippen molar-refractivity contribution >= 4 is 17.2 Å². The molecule has 3 heteroatoms. The third-order valence-corrected chi connectivity index (χ3v) is 3.88. The zero-order valence-corrected chi connectivity index (χ0v) is 10.9. The molecular formula is C12H24N2S. The van der Waals surface area contributed by atoms with E-state index in [0.717, 1.165) is 6.42 Å². The van der Waals surface area contributed by atoms with Gasteiger partial charge in [0.15, 0.2) is 0 Å². The number of rotatable bonds is 4. The molecule has 1 fully saturated rings. The van der Waals surface area contributed by atoms with E-state index in [4.69, 9.17) is 18.0 Å². The highest BCUT2D eigenvalue weighted by molar-refractivity contribution is 7.80. The minimum Gasteiger partial charge on any atom is -0.392 e. The van der Waals surface area contributed by atoms with Crippen LogP contribution in [-0.2, 0) is 0 Å². The zero-order valence-electron chi connectivity index (χ0n) is 10.0. The fraction of sp³-hybridized carbons (Fsp3) is 0.917. The van der Waals surface area contributed by atoms with Crippen molar-refractivity contribution in [3.63, 3.8) is 0 Å². The minimum absolute atomic E-state index is 0.295. The van der Waals surface area contributed by atoms with Crippen molar-refractivity contribution in [2.45, 2.75) is 64.0 Å². The molecule has 1 atom stereocenters. The van der Waals surface area contributed by atoms with Gasteiger partial charge in [-0.1, -0.05) is 44.8 Å². The molecule has 0 aromatic heterocycles. The Morgan fingerprint density at radius 3 is 2.27 bits per heavy atom. The van der Waals surface area contributed by atoms with Gasteiger partial charge in [0, 0.05) is 6.04 Å². The van der Waals surface area contributed by atoms with Crippen LogP contribution in [0, 0.1) is 0 Å². The van der Waals surface area contributed by atoms with Gasteiger partial charge in [-0.05, 0) is 26.3 Å². The van der Waals surface area contributed by atoms with Crippen LogP contribution >= 0.6 is 12.2 Å². The summed E-state index contributed by atoms with van der Waals surface area (Å²) in [7, 11) is 2.18. The predicted molar refractivity (Wildman–Crippen MR) is 70.1 cm³/mol. The Morgan fingerprint density at radius 2 is 1.87 bits per heavy atom. The molecule has 1 aliphatic rings. The lowest BCUT2D eigenvalue weighted by molar-refractivity contribution is 0.191. The fourth-order valence-corrected chi connectivity index (χ4v) is 2.94. The molecule has 1 saturated carbocycles. The van der Waals surface area contributed by atoms with E-state index in [1.807, 2.05) is 0 Å². The SMILES string of the molecule is CCC(C(N)=S)N(C)C1CCCCCC1. The maximum Gasteiger partial charge on any atom is 0.0901 e. The lowest BCUT2D eigenvalue weighted by Gasteiger charge is -2.33. The van der Waals surface area contributed by atoms with E-state index >= 15 is 0 Å². The third-order valence-electron chi connectivity index (χ3n) is 3.61. The highest BCUT2D eigenvalue weighted by Gasteiger charge is 2.23. The second-order valence-corrected chi connectivity index (χ2v) is 5.11. The first-order valence-corrected chi connectivity index (χ1v) is 6.59. The van der Waals surface area contributed by atoms with Crippen molar-refractivity contribution < 1.29 is 0 Å². The van der Waals surface area contributed by atoms with Gasteiger partial charge in [0.1, 0.15) is 0 Å². The number of hydrogen-bond donors (Lipinski definition) is 1. The first-order valence-electron chi connectivity index (χ1n) is 6.18. The van der Waals surface area contributed by atoms with Crippen molar-refractivity contribution in [2.24, 2.45) is 5.73 Å². The quantitative estimate of drug-likeness (QED) is 0.592. The number of likely N-dealkylation sites (N-methyl/N-ethyl adjacent to an activating group) is 1. The number of nitrogens with two attached hydrogens (primary N) is 1. The molecule has 0 spiro atoms. The van der Waals surface area contributed by atoms with E-state index in [9.17, 15) is 0 Å². The van der Waals surface area contributed by atoms with Crippen LogP contribution in [0.1, 0.15) is 51.9 Å². The Balaban J connectivity index is 2.55. The second kappa shape index (κ2) is 6.44. The normalized spacial score (nSPS) is 21.3. The van der Waals surface area contributed by atoms with Gasteiger partial charge in [-0.2, -0.15) is 0 Å². The summed E-state index contributed by atoms with van der Waals surface area (Å²) in [5.41, 5.74) is 5.78. The van der Waals surface area contributed by atoms with Crippen molar-refractivity contribution in [2.75, 3.05) is 7.05 Å². The first-order chi connectivity index (χ1) is 7.16. The molecule has 2 N–H and O–H groups in total. The van der Waals surface area contributed by atoms with E-state index in [0.29, 0.717) is 17.1 Å². The van der Waals surface area contributed by atoms with Crippen LogP contribution in [0.5, 0.6) is 0 Å². The topological polar surface area (TPSA) is 29.3 Å². The van der Waals surface area contributed by atoms with Crippen LogP contribution in [0.4, 0.5) is 0 Å². The summed E-state index contributed by atoms with van der Waals surface area (Å²) in [4.78, 5) is 3.07. The van der Waals surface area contributed by atoms with Crippen LogP contribution in [0.3, 0.4) is 0 Å². The van der Waals surface area contributed by atoms with E-state index in [2.05, 4.69) is 18.9 Å². The Hall–Kier alpha value is -0.150. The van der Waals surface area contributed by atoms with Gasteiger partial charge in [0.25, 0.3) is 0 Å². The van der Waals surface area contributed by atoms with E-state index in [1.165, 1.54) is 38.5 Å². The molecule has 1 rings (SSSR count). The largest absolute Gasteiger partial charge is 0.392 e. The molecule has 0 aliphatic heterocycles. The van der Waals surface area contributed by atoms with Crippen LogP contribution in [0.2, 0.25) is 0 Å². The Bertz CT molecular complexity index is 198. The number of thiocarbonyl (C=S) groups is 1. The maximum absolute atomic E-state index is 5.78. The zero-order chi connectivity index (χ0) is 11.3. The second-order valence-electron chi connectivity index (χ2n) is 4.64. The molecular weight excluding hydrogens is 204 g/mol. The van der Waals surface area contributed by atoms with E-state index < -0.39 is 0 Å².